The van der Waals surface area contributed by atoms with E-state index < -0.39 is 23.7 Å². The molecule has 0 saturated carbocycles. The van der Waals surface area contributed by atoms with E-state index in [1.165, 1.54) is 0 Å². The van der Waals surface area contributed by atoms with Gasteiger partial charge in [0.25, 0.3) is 0 Å². The second-order valence-corrected chi connectivity index (χ2v) is 4.38. The van der Waals surface area contributed by atoms with Gasteiger partial charge in [-0.25, -0.2) is 15.2 Å². The minimum atomic E-state index is -1.27. The third-order valence-corrected chi connectivity index (χ3v) is 1.87. The molecule has 0 aromatic rings. The van der Waals surface area contributed by atoms with Crippen LogP contribution in [0.5, 0.6) is 0 Å². The summed E-state index contributed by atoms with van der Waals surface area (Å²) in [7, 11) is 0. The van der Waals surface area contributed by atoms with E-state index >= 15 is 0 Å². The maximum atomic E-state index is 11.5. The first kappa shape index (κ1) is 15.3. The van der Waals surface area contributed by atoms with Gasteiger partial charge in [0.2, 0.25) is 0 Å². The van der Waals surface area contributed by atoms with Crippen molar-refractivity contribution in [2.45, 2.75) is 38.8 Å². The van der Waals surface area contributed by atoms with Crippen LogP contribution in [0.2, 0.25) is 0 Å². The number of carbonyl (C=O) groups is 2. The average Bonchev–Trinajstić information content (AvgIpc) is 2.47. The Balaban J connectivity index is 0.00000225. The van der Waals surface area contributed by atoms with Gasteiger partial charge in [-0.1, -0.05) is 0 Å². The molecule has 1 aliphatic heterocycles. The fourth-order valence-corrected chi connectivity index (χ4v) is 1.29. The van der Waals surface area contributed by atoms with Crippen molar-refractivity contribution in [3.05, 3.63) is 0 Å². The smallest absolute Gasteiger partial charge is 0.548 e. The molecular formula is C9H15LiN2O4. The molecule has 0 radical (unpaired) electrons. The van der Waals surface area contributed by atoms with Gasteiger partial charge in [0.1, 0.15) is 5.60 Å². The minimum Gasteiger partial charge on any atom is -0.548 e. The number of rotatable bonds is 1. The van der Waals surface area contributed by atoms with Crippen LogP contribution in [0.4, 0.5) is 4.79 Å². The normalized spacial score (nSPS) is 20.2. The number of hydrogen-bond donors (Lipinski definition) is 1. The molecular weight excluding hydrogens is 207 g/mol. The standard InChI is InChI=1S/C9H16N2O4.Li/c1-9(2,3)15-8(14)11-6(7(12)13)4-5-10-11;/h6,10H,4-5H2,1-3H3,(H,12,13);/q;+1/p-1/t6-;/m0./s1. The molecule has 1 aliphatic rings. The van der Waals surface area contributed by atoms with E-state index in [0.29, 0.717) is 13.0 Å². The molecule has 1 atom stereocenters. The Morgan fingerprint density at radius 1 is 1.44 bits per heavy atom. The van der Waals surface area contributed by atoms with Crippen molar-refractivity contribution >= 4 is 12.1 Å². The predicted molar refractivity (Wildman–Crippen MR) is 49.5 cm³/mol. The summed E-state index contributed by atoms with van der Waals surface area (Å²) in [6.07, 6.45) is -0.351. The van der Waals surface area contributed by atoms with E-state index in [4.69, 9.17) is 4.74 Å². The third-order valence-electron chi connectivity index (χ3n) is 1.87. The zero-order valence-electron chi connectivity index (χ0n) is 10.1. The fraction of sp³-hybridized carbons (Fsp3) is 0.778. The number of aliphatic carboxylic acids is 1. The second kappa shape index (κ2) is 5.57. The van der Waals surface area contributed by atoms with Gasteiger partial charge in [-0.2, -0.15) is 0 Å². The molecule has 0 unspecified atom stereocenters. The molecule has 1 rings (SSSR count). The molecule has 1 saturated heterocycles. The number of ether oxygens (including phenoxy) is 1. The summed E-state index contributed by atoms with van der Waals surface area (Å²) < 4.78 is 5.04. The van der Waals surface area contributed by atoms with Gasteiger partial charge in [0.15, 0.2) is 0 Å². The van der Waals surface area contributed by atoms with E-state index in [-0.39, 0.29) is 18.9 Å². The summed E-state index contributed by atoms with van der Waals surface area (Å²) in [5.74, 6) is -1.27. The van der Waals surface area contributed by atoms with Gasteiger partial charge in [-0.05, 0) is 27.2 Å². The number of hydrogen-bond acceptors (Lipinski definition) is 5. The largest absolute Gasteiger partial charge is 1.00 e. The molecule has 0 aromatic heterocycles. The summed E-state index contributed by atoms with van der Waals surface area (Å²) in [5, 5.41) is 11.7. The quantitative estimate of drug-likeness (QED) is 0.461. The molecule has 1 N–H and O–H groups in total. The first-order valence-electron chi connectivity index (χ1n) is 4.78. The van der Waals surface area contributed by atoms with Crippen LogP contribution in [0.1, 0.15) is 27.2 Å². The Kier molecular flexibility index (Phi) is 5.33. The number of nitrogens with zero attached hydrogens (tertiary/aromatic N) is 1. The van der Waals surface area contributed by atoms with E-state index in [2.05, 4.69) is 5.43 Å². The van der Waals surface area contributed by atoms with Crippen LogP contribution in [-0.2, 0) is 9.53 Å². The Hall–Kier alpha value is -0.703. The van der Waals surface area contributed by atoms with E-state index in [9.17, 15) is 14.7 Å². The van der Waals surface area contributed by atoms with Crippen molar-refractivity contribution < 1.29 is 38.3 Å². The maximum Gasteiger partial charge on any atom is 1.00 e. The van der Waals surface area contributed by atoms with Crippen LogP contribution in [0, 0.1) is 0 Å². The van der Waals surface area contributed by atoms with Gasteiger partial charge in [0.05, 0.1) is 12.0 Å². The number of amides is 1. The van der Waals surface area contributed by atoms with Crippen LogP contribution in [0.3, 0.4) is 0 Å². The van der Waals surface area contributed by atoms with Gasteiger partial charge in [-0.15, -0.1) is 0 Å². The van der Waals surface area contributed by atoms with Crippen LogP contribution in [0.25, 0.3) is 0 Å². The molecule has 0 bridgehead atoms. The Labute approximate surface area is 106 Å². The van der Waals surface area contributed by atoms with Gasteiger partial charge < -0.3 is 14.6 Å². The van der Waals surface area contributed by atoms with Crippen molar-refractivity contribution in [1.29, 1.82) is 0 Å². The minimum absolute atomic E-state index is 0. The summed E-state index contributed by atoms with van der Waals surface area (Å²) in [5.41, 5.74) is 2.01. The Morgan fingerprint density at radius 2 is 2.00 bits per heavy atom. The van der Waals surface area contributed by atoms with Crippen LogP contribution in [-0.4, -0.2) is 35.3 Å². The molecule has 0 aliphatic carbocycles. The fourth-order valence-electron chi connectivity index (χ4n) is 1.29. The SMILES string of the molecule is CC(C)(C)OC(=O)N1NCC[C@H]1C(=O)[O-].[Li+]. The number of carbonyl (C=O) groups excluding carboxylic acids is 2. The van der Waals surface area contributed by atoms with Crippen molar-refractivity contribution in [3.63, 3.8) is 0 Å². The van der Waals surface area contributed by atoms with Crippen LogP contribution < -0.4 is 29.4 Å². The van der Waals surface area contributed by atoms with Crippen LogP contribution >= 0.6 is 0 Å². The van der Waals surface area contributed by atoms with E-state index in [1.807, 2.05) is 0 Å². The number of hydrazine groups is 1. The molecule has 6 nitrogen and oxygen atoms in total. The summed E-state index contributed by atoms with van der Waals surface area (Å²) in [6.45, 7) is 5.58. The molecule has 7 heteroatoms. The molecule has 1 fully saturated rings. The molecule has 1 heterocycles. The van der Waals surface area contributed by atoms with Crippen LogP contribution in [0.15, 0.2) is 0 Å². The Bertz CT molecular complexity index is 277. The first-order chi connectivity index (χ1) is 6.81. The monoisotopic (exact) mass is 222 g/mol. The summed E-state index contributed by atoms with van der Waals surface area (Å²) in [4.78, 5) is 22.2. The third kappa shape index (κ3) is 4.04. The molecule has 0 spiro atoms. The van der Waals surface area contributed by atoms with Crippen molar-refractivity contribution in [3.8, 4) is 0 Å². The van der Waals surface area contributed by atoms with Gasteiger partial charge in [0, 0.05) is 6.54 Å². The van der Waals surface area contributed by atoms with Crippen molar-refractivity contribution in [1.82, 2.24) is 10.4 Å². The number of carboxylic acids is 1. The van der Waals surface area contributed by atoms with Gasteiger partial charge in [-0.3, -0.25) is 0 Å². The number of nitrogens with one attached hydrogen (secondary N) is 1. The zero-order chi connectivity index (χ0) is 11.6. The summed E-state index contributed by atoms with van der Waals surface area (Å²) >= 11 is 0. The molecule has 0 aromatic carbocycles. The van der Waals surface area contributed by atoms with E-state index in [1.54, 1.807) is 20.8 Å². The molecule has 16 heavy (non-hydrogen) atoms. The van der Waals surface area contributed by atoms with Crippen molar-refractivity contribution in [2.24, 2.45) is 0 Å². The summed E-state index contributed by atoms with van der Waals surface area (Å²) in [6, 6.07) is -0.945. The maximum absolute atomic E-state index is 11.5. The topological polar surface area (TPSA) is 81.7 Å². The van der Waals surface area contributed by atoms with Gasteiger partial charge >= 0.3 is 25.0 Å². The second-order valence-electron chi connectivity index (χ2n) is 4.38. The predicted octanol–water partition coefficient (Wildman–Crippen LogP) is -3.75. The zero-order valence-corrected chi connectivity index (χ0v) is 10.1. The average molecular weight is 222 g/mol. The number of carboxylic acid groups (broad SMARTS) is 1. The Morgan fingerprint density at radius 3 is 2.44 bits per heavy atom. The van der Waals surface area contributed by atoms with E-state index in [0.717, 1.165) is 5.01 Å². The molecule has 86 valence electrons. The van der Waals surface area contributed by atoms with Crippen molar-refractivity contribution in [2.75, 3.05) is 6.54 Å². The molecule has 1 amide bonds. The first-order valence-corrected chi connectivity index (χ1v) is 4.78.